The normalized spacial score (nSPS) is 15.9. The van der Waals surface area contributed by atoms with Crippen molar-refractivity contribution in [1.29, 1.82) is 0 Å². The van der Waals surface area contributed by atoms with Crippen LogP contribution in [0.2, 0.25) is 5.02 Å². The molecule has 1 saturated heterocycles. The summed E-state index contributed by atoms with van der Waals surface area (Å²) in [4.78, 5) is 20.5. The highest BCUT2D eigenvalue weighted by Crippen LogP contribution is 2.31. The molecule has 0 spiro atoms. The second-order valence-electron chi connectivity index (χ2n) is 7.31. The van der Waals surface area contributed by atoms with Crippen molar-refractivity contribution in [1.82, 2.24) is 9.88 Å². The van der Waals surface area contributed by atoms with Gasteiger partial charge < -0.3 is 14.4 Å². The molecule has 1 fully saturated rings. The summed E-state index contributed by atoms with van der Waals surface area (Å²) in [6.45, 7) is 7.84. The molecule has 1 aromatic heterocycles. The molecule has 0 bridgehead atoms. The van der Waals surface area contributed by atoms with Gasteiger partial charge in [0.15, 0.2) is 5.13 Å². The second-order valence-corrected chi connectivity index (χ2v) is 8.76. The van der Waals surface area contributed by atoms with E-state index in [1.807, 2.05) is 30.3 Å². The van der Waals surface area contributed by atoms with E-state index in [4.69, 9.17) is 26.1 Å². The fourth-order valence-electron chi connectivity index (χ4n) is 3.50. The lowest BCUT2D eigenvalue weighted by atomic mass is 10.2. The molecular formula is C22H24ClN3O3S. The number of hydrogen-bond acceptors (Lipinski definition) is 7. The van der Waals surface area contributed by atoms with Crippen molar-refractivity contribution >= 4 is 44.3 Å². The predicted molar refractivity (Wildman–Crippen MR) is 120 cm³/mol. The van der Waals surface area contributed by atoms with Crippen LogP contribution < -0.4 is 9.64 Å². The number of esters is 1. The van der Waals surface area contributed by atoms with Crippen molar-refractivity contribution in [2.75, 3.05) is 31.1 Å². The van der Waals surface area contributed by atoms with Gasteiger partial charge >= 0.3 is 5.97 Å². The minimum Gasteiger partial charge on any atom is -0.455 e. The maximum Gasteiger partial charge on any atom is 0.305 e. The zero-order valence-corrected chi connectivity index (χ0v) is 18.6. The van der Waals surface area contributed by atoms with Gasteiger partial charge in [0.05, 0.1) is 10.2 Å². The summed E-state index contributed by atoms with van der Waals surface area (Å²) in [6, 6.07) is 13.8. The number of piperazine rings is 1. The fourth-order valence-corrected chi connectivity index (χ4v) is 4.79. The van der Waals surface area contributed by atoms with Crippen molar-refractivity contribution < 1.29 is 14.3 Å². The molecule has 0 N–H and O–H groups in total. The Labute approximate surface area is 185 Å². The Balaban J connectivity index is 1.29. The maximum atomic E-state index is 11.0. The monoisotopic (exact) mass is 445 g/mol. The Bertz CT molecular complexity index is 1020. The molecule has 0 radical (unpaired) electrons. The van der Waals surface area contributed by atoms with Gasteiger partial charge in [0.1, 0.15) is 5.75 Å². The number of carbonyl (C=O) groups is 1. The number of carbonyl (C=O) groups excluding carboxylic acids is 1. The van der Waals surface area contributed by atoms with E-state index in [-0.39, 0.29) is 5.97 Å². The van der Waals surface area contributed by atoms with Crippen LogP contribution in [-0.2, 0) is 16.1 Å². The SMILES string of the molecule is CC(=O)OC(C)Oc1ccc(CN2CCN(c3nc4ccc(Cl)cc4s3)CC2)cc1. The maximum absolute atomic E-state index is 11.0. The van der Waals surface area contributed by atoms with Gasteiger partial charge in [0.2, 0.25) is 6.29 Å². The molecule has 3 aromatic rings. The number of hydrogen-bond donors (Lipinski definition) is 0. The zero-order chi connectivity index (χ0) is 21.1. The van der Waals surface area contributed by atoms with Crippen molar-refractivity contribution in [3.8, 4) is 5.75 Å². The largest absolute Gasteiger partial charge is 0.455 e. The summed E-state index contributed by atoms with van der Waals surface area (Å²) in [5.41, 5.74) is 2.23. The van der Waals surface area contributed by atoms with Gasteiger partial charge in [-0.25, -0.2) is 4.98 Å². The predicted octanol–water partition coefficient (Wildman–Crippen LogP) is 4.56. The minimum atomic E-state index is -0.597. The average molecular weight is 446 g/mol. The Morgan fingerprint density at radius 2 is 1.90 bits per heavy atom. The molecule has 6 nitrogen and oxygen atoms in total. The molecule has 2 heterocycles. The van der Waals surface area contributed by atoms with E-state index in [2.05, 4.69) is 21.9 Å². The van der Waals surface area contributed by atoms with Gasteiger partial charge in [0.25, 0.3) is 0 Å². The number of fused-ring (bicyclic) bond motifs is 1. The topological polar surface area (TPSA) is 54.9 Å². The van der Waals surface area contributed by atoms with Gasteiger partial charge in [-0.05, 0) is 35.9 Å². The average Bonchev–Trinajstić information content (AvgIpc) is 3.12. The van der Waals surface area contributed by atoms with Crippen molar-refractivity contribution in [2.45, 2.75) is 26.7 Å². The standard InChI is InChI=1S/C22H24ClN3O3S/c1-15(27)28-16(2)29-19-6-3-17(4-7-19)14-25-9-11-26(12-10-25)22-24-20-8-5-18(23)13-21(20)30-22/h3-8,13,16H,9-12,14H2,1-2H3. The summed E-state index contributed by atoms with van der Waals surface area (Å²) >= 11 is 7.79. The molecule has 8 heteroatoms. The quantitative estimate of drug-likeness (QED) is 0.409. The molecular weight excluding hydrogens is 422 g/mol. The number of ether oxygens (including phenoxy) is 2. The van der Waals surface area contributed by atoms with Crippen LogP contribution in [0.4, 0.5) is 5.13 Å². The van der Waals surface area contributed by atoms with Gasteiger partial charge in [-0.2, -0.15) is 0 Å². The molecule has 0 amide bonds. The Hall–Kier alpha value is -2.35. The summed E-state index contributed by atoms with van der Waals surface area (Å²) in [5.74, 6) is 0.334. The first-order chi connectivity index (χ1) is 14.5. The highest BCUT2D eigenvalue weighted by Gasteiger charge is 2.20. The molecule has 0 saturated carbocycles. The molecule has 158 valence electrons. The van der Waals surface area contributed by atoms with Gasteiger partial charge in [0, 0.05) is 51.6 Å². The minimum absolute atomic E-state index is 0.354. The first kappa shape index (κ1) is 20.9. The molecule has 1 aliphatic heterocycles. The third-order valence-electron chi connectivity index (χ3n) is 4.95. The Kier molecular flexibility index (Phi) is 6.41. The first-order valence-electron chi connectivity index (χ1n) is 9.92. The molecule has 2 aromatic carbocycles. The van der Waals surface area contributed by atoms with Crippen LogP contribution in [0.1, 0.15) is 19.4 Å². The smallest absolute Gasteiger partial charge is 0.305 e. The number of anilines is 1. The van der Waals surface area contributed by atoms with Crippen LogP contribution in [0.15, 0.2) is 42.5 Å². The number of benzene rings is 2. The van der Waals surface area contributed by atoms with E-state index in [1.54, 1.807) is 18.3 Å². The van der Waals surface area contributed by atoms with Gasteiger partial charge in [-0.1, -0.05) is 35.1 Å². The van der Waals surface area contributed by atoms with Crippen LogP contribution in [0.3, 0.4) is 0 Å². The molecule has 1 aliphatic rings. The highest BCUT2D eigenvalue weighted by atomic mass is 35.5. The van der Waals surface area contributed by atoms with E-state index >= 15 is 0 Å². The number of thiazole rings is 1. The van der Waals surface area contributed by atoms with Crippen LogP contribution in [0, 0.1) is 0 Å². The highest BCUT2D eigenvalue weighted by molar-refractivity contribution is 7.22. The molecule has 4 rings (SSSR count). The number of rotatable bonds is 6. The molecule has 1 atom stereocenters. The van der Waals surface area contributed by atoms with Gasteiger partial charge in [-0.15, -0.1) is 0 Å². The second kappa shape index (κ2) is 9.20. The third-order valence-corrected chi connectivity index (χ3v) is 6.26. The summed E-state index contributed by atoms with van der Waals surface area (Å²) in [7, 11) is 0. The number of nitrogens with zero attached hydrogens (tertiary/aromatic N) is 3. The molecule has 30 heavy (non-hydrogen) atoms. The van der Waals surface area contributed by atoms with Crippen molar-refractivity contribution in [3.63, 3.8) is 0 Å². The summed E-state index contributed by atoms with van der Waals surface area (Å²) in [6.07, 6.45) is -0.597. The van der Waals surface area contributed by atoms with Crippen molar-refractivity contribution in [2.24, 2.45) is 0 Å². The van der Waals surface area contributed by atoms with E-state index in [9.17, 15) is 4.79 Å². The van der Waals surface area contributed by atoms with Crippen LogP contribution in [0.25, 0.3) is 10.2 Å². The number of aromatic nitrogens is 1. The lowest BCUT2D eigenvalue weighted by Crippen LogP contribution is -2.45. The van der Waals surface area contributed by atoms with E-state index in [0.717, 1.165) is 53.1 Å². The summed E-state index contributed by atoms with van der Waals surface area (Å²) in [5, 5.41) is 1.81. The van der Waals surface area contributed by atoms with Crippen LogP contribution in [-0.4, -0.2) is 48.3 Å². The Morgan fingerprint density at radius 1 is 1.17 bits per heavy atom. The Morgan fingerprint density at radius 3 is 2.60 bits per heavy atom. The van der Waals surface area contributed by atoms with E-state index < -0.39 is 6.29 Å². The number of halogens is 1. The molecule has 0 aliphatic carbocycles. The lowest BCUT2D eigenvalue weighted by molar-refractivity contribution is -0.158. The summed E-state index contributed by atoms with van der Waals surface area (Å²) < 4.78 is 11.7. The lowest BCUT2D eigenvalue weighted by Gasteiger charge is -2.34. The molecule has 1 unspecified atom stereocenters. The van der Waals surface area contributed by atoms with Crippen LogP contribution >= 0.6 is 22.9 Å². The fraction of sp³-hybridized carbons (Fsp3) is 0.364. The van der Waals surface area contributed by atoms with E-state index in [1.165, 1.54) is 12.5 Å². The third kappa shape index (κ3) is 5.22. The van der Waals surface area contributed by atoms with Crippen LogP contribution in [0.5, 0.6) is 5.75 Å². The van der Waals surface area contributed by atoms with Crippen molar-refractivity contribution in [3.05, 3.63) is 53.1 Å². The van der Waals surface area contributed by atoms with Gasteiger partial charge in [-0.3, -0.25) is 9.69 Å². The van der Waals surface area contributed by atoms with E-state index in [0.29, 0.717) is 5.75 Å². The first-order valence-corrected chi connectivity index (χ1v) is 11.1. The zero-order valence-electron chi connectivity index (χ0n) is 17.0.